The van der Waals surface area contributed by atoms with Crippen LogP contribution in [0, 0.1) is 0 Å². The maximum atomic E-state index is 11.4. The number of carbonyl (C=O) groups excluding carboxylic acids is 1. The molecule has 6 heteroatoms. The fourth-order valence-corrected chi connectivity index (χ4v) is 0.878. The second-order valence-corrected chi connectivity index (χ2v) is 2.22. The van der Waals surface area contributed by atoms with Crippen LogP contribution in [0.5, 0.6) is 0 Å². The number of aliphatic hydroxyl groups excluding tert-OH is 1. The Morgan fingerprint density at radius 3 is 1.79 bits per heavy atom. The zero-order chi connectivity index (χ0) is 10.4. The Morgan fingerprint density at radius 1 is 1.07 bits per heavy atom. The normalized spacial score (nSPS) is 9.00. The lowest BCUT2D eigenvalue weighted by Crippen LogP contribution is -2.15. The molecule has 0 spiro atoms. The smallest absolute Gasteiger partial charge is 0.338 e. The van der Waals surface area contributed by atoms with Crippen LogP contribution in [-0.2, 0) is 0 Å². The van der Waals surface area contributed by atoms with Gasteiger partial charge in [-0.2, -0.15) is 0 Å². The summed E-state index contributed by atoms with van der Waals surface area (Å²) in [6.45, 7) is 0. The van der Waals surface area contributed by atoms with E-state index in [-0.39, 0.29) is 6.03 Å². The summed E-state index contributed by atoms with van der Waals surface area (Å²) in [5.41, 5.74) is 0. The van der Waals surface area contributed by atoms with Gasteiger partial charge in [-0.1, -0.05) is 0 Å². The van der Waals surface area contributed by atoms with Crippen molar-refractivity contribution >= 4 is 6.03 Å². The van der Waals surface area contributed by atoms with Crippen molar-refractivity contribution in [3.05, 3.63) is 37.4 Å². The van der Waals surface area contributed by atoms with Gasteiger partial charge in [0.15, 0.2) is 0 Å². The van der Waals surface area contributed by atoms with Gasteiger partial charge >= 0.3 is 6.03 Å². The van der Waals surface area contributed by atoms with Crippen molar-refractivity contribution < 1.29 is 9.90 Å². The van der Waals surface area contributed by atoms with Crippen LogP contribution < -0.4 is 0 Å². The highest BCUT2D eigenvalue weighted by atomic mass is 16.2. The minimum atomic E-state index is -0.190. The third kappa shape index (κ3) is 2.05. The Labute approximate surface area is 80.5 Å². The van der Waals surface area contributed by atoms with E-state index in [1.807, 2.05) is 0 Å². The number of rotatable bonds is 0. The van der Waals surface area contributed by atoms with Crippen molar-refractivity contribution in [2.75, 3.05) is 7.11 Å². The van der Waals surface area contributed by atoms with Gasteiger partial charge in [-0.3, -0.25) is 9.13 Å². The molecule has 0 unspecified atom stereocenters. The van der Waals surface area contributed by atoms with Gasteiger partial charge in [-0.25, -0.2) is 14.8 Å². The number of aromatic nitrogens is 4. The van der Waals surface area contributed by atoms with Crippen molar-refractivity contribution in [1.82, 2.24) is 19.1 Å². The molecule has 0 saturated heterocycles. The van der Waals surface area contributed by atoms with Crippen LogP contribution in [0.1, 0.15) is 0 Å². The van der Waals surface area contributed by atoms with Gasteiger partial charge in [-0.05, 0) is 0 Å². The van der Waals surface area contributed by atoms with E-state index in [9.17, 15) is 4.79 Å². The molecule has 0 aromatic carbocycles. The van der Waals surface area contributed by atoms with E-state index in [0.717, 1.165) is 7.11 Å². The van der Waals surface area contributed by atoms with E-state index in [2.05, 4.69) is 9.97 Å². The molecule has 0 aliphatic heterocycles. The van der Waals surface area contributed by atoms with Gasteiger partial charge in [0.25, 0.3) is 0 Å². The van der Waals surface area contributed by atoms with Crippen LogP contribution in [0.3, 0.4) is 0 Å². The molecule has 1 N–H and O–H groups in total. The highest BCUT2D eigenvalue weighted by Gasteiger charge is 2.03. The maximum absolute atomic E-state index is 11.4. The molecule has 0 bridgehead atoms. The Kier molecular flexibility index (Phi) is 3.57. The fraction of sp³-hybridized carbons (Fsp3) is 0.125. The first-order valence-corrected chi connectivity index (χ1v) is 3.83. The first-order chi connectivity index (χ1) is 6.88. The molecule has 0 aliphatic rings. The van der Waals surface area contributed by atoms with Gasteiger partial charge in [0.1, 0.15) is 12.7 Å². The standard InChI is InChI=1S/C7H6N4O.CH4O/c12-7(10-3-1-8-5-10)11-4-2-9-6-11;1-2/h1-6H;2H,1H3. The lowest BCUT2D eigenvalue weighted by Gasteiger charge is -1.98. The van der Waals surface area contributed by atoms with Crippen LogP contribution in [0.2, 0.25) is 0 Å². The number of imidazole rings is 2. The van der Waals surface area contributed by atoms with Crippen molar-refractivity contribution in [2.24, 2.45) is 0 Å². The lowest BCUT2D eigenvalue weighted by atomic mass is 10.8. The Bertz CT molecular complexity index is 330. The second kappa shape index (κ2) is 4.93. The molecule has 2 aromatic heterocycles. The van der Waals surface area contributed by atoms with E-state index in [1.165, 1.54) is 21.8 Å². The molecule has 2 aromatic rings. The molecule has 0 saturated carbocycles. The number of hydrogen-bond donors (Lipinski definition) is 1. The molecule has 0 fully saturated rings. The average molecular weight is 194 g/mol. The zero-order valence-corrected chi connectivity index (χ0v) is 7.61. The minimum Gasteiger partial charge on any atom is -0.400 e. The summed E-state index contributed by atoms with van der Waals surface area (Å²) in [6.07, 6.45) is 9.17. The van der Waals surface area contributed by atoms with Crippen LogP contribution in [0.15, 0.2) is 37.4 Å². The van der Waals surface area contributed by atoms with E-state index >= 15 is 0 Å². The Balaban J connectivity index is 0.000000461. The first-order valence-electron chi connectivity index (χ1n) is 3.83. The molecule has 0 aliphatic carbocycles. The van der Waals surface area contributed by atoms with Gasteiger partial charge in [-0.15, -0.1) is 0 Å². The third-order valence-corrected chi connectivity index (χ3v) is 1.45. The second-order valence-electron chi connectivity index (χ2n) is 2.22. The molecule has 0 amide bonds. The summed E-state index contributed by atoms with van der Waals surface area (Å²) >= 11 is 0. The highest BCUT2D eigenvalue weighted by molar-refractivity contribution is 5.78. The van der Waals surface area contributed by atoms with Gasteiger partial charge in [0.2, 0.25) is 0 Å². The first kappa shape index (κ1) is 10.1. The molecule has 6 nitrogen and oxygen atoms in total. The summed E-state index contributed by atoms with van der Waals surface area (Å²) in [6, 6.07) is -0.190. The van der Waals surface area contributed by atoms with Crippen molar-refractivity contribution in [3.63, 3.8) is 0 Å². The molecule has 2 heterocycles. The number of nitrogens with zero attached hydrogens (tertiary/aromatic N) is 4. The molecular weight excluding hydrogens is 184 g/mol. The van der Waals surface area contributed by atoms with E-state index in [4.69, 9.17) is 5.11 Å². The number of carbonyl (C=O) groups is 1. The van der Waals surface area contributed by atoms with Crippen LogP contribution in [0.25, 0.3) is 0 Å². The lowest BCUT2D eigenvalue weighted by molar-refractivity contribution is 0.244. The van der Waals surface area contributed by atoms with Crippen molar-refractivity contribution in [1.29, 1.82) is 0 Å². The molecule has 2 rings (SSSR count). The minimum absolute atomic E-state index is 0.190. The molecular formula is C8H10N4O2. The quantitative estimate of drug-likeness (QED) is 0.650. The monoisotopic (exact) mass is 194 g/mol. The molecule has 14 heavy (non-hydrogen) atoms. The van der Waals surface area contributed by atoms with Gasteiger partial charge < -0.3 is 5.11 Å². The third-order valence-electron chi connectivity index (χ3n) is 1.45. The maximum Gasteiger partial charge on any atom is 0.338 e. The summed E-state index contributed by atoms with van der Waals surface area (Å²) in [4.78, 5) is 18.9. The summed E-state index contributed by atoms with van der Waals surface area (Å²) in [5, 5.41) is 7.00. The average Bonchev–Trinajstić information content (AvgIpc) is 2.93. The molecule has 74 valence electrons. The largest absolute Gasteiger partial charge is 0.400 e. The molecule has 0 radical (unpaired) electrons. The van der Waals surface area contributed by atoms with Crippen LogP contribution >= 0.6 is 0 Å². The predicted molar refractivity (Wildman–Crippen MR) is 48.8 cm³/mol. The topological polar surface area (TPSA) is 72.9 Å². The summed E-state index contributed by atoms with van der Waals surface area (Å²) in [7, 11) is 1.00. The zero-order valence-electron chi connectivity index (χ0n) is 7.61. The summed E-state index contributed by atoms with van der Waals surface area (Å²) in [5.74, 6) is 0. The van der Waals surface area contributed by atoms with Crippen molar-refractivity contribution in [2.45, 2.75) is 0 Å². The van der Waals surface area contributed by atoms with E-state index in [0.29, 0.717) is 0 Å². The van der Waals surface area contributed by atoms with Crippen LogP contribution in [0.4, 0.5) is 4.79 Å². The Morgan fingerprint density at radius 2 is 1.50 bits per heavy atom. The van der Waals surface area contributed by atoms with E-state index in [1.54, 1.807) is 24.8 Å². The molecule has 0 atom stereocenters. The van der Waals surface area contributed by atoms with Crippen molar-refractivity contribution in [3.8, 4) is 0 Å². The fourth-order valence-electron chi connectivity index (χ4n) is 0.878. The highest BCUT2D eigenvalue weighted by Crippen LogP contribution is 1.91. The SMILES string of the molecule is CO.O=C(n1ccnc1)n1ccnc1. The van der Waals surface area contributed by atoms with Gasteiger partial charge in [0.05, 0.1) is 0 Å². The van der Waals surface area contributed by atoms with Crippen LogP contribution in [-0.4, -0.2) is 37.3 Å². The van der Waals surface area contributed by atoms with E-state index < -0.39 is 0 Å². The number of aliphatic hydroxyl groups is 1. The number of hydrogen-bond acceptors (Lipinski definition) is 4. The Hall–Kier alpha value is -1.95. The summed E-state index contributed by atoms with van der Waals surface area (Å²) < 4.78 is 2.75. The van der Waals surface area contributed by atoms with Gasteiger partial charge in [0, 0.05) is 31.9 Å². The predicted octanol–water partition coefficient (Wildman–Crippen LogP) is 0.205.